The lowest BCUT2D eigenvalue weighted by atomic mass is 10.0. The maximum Gasteiger partial charge on any atom is 0.306 e. The van der Waals surface area contributed by atoms with Gasteiger partial charge in [-0.25, -0.2) is 0 Å². The molecule has 0 saturated heterocycles. The van der Waals surface area contributed by atoms with Gasteiger partial charge in [0.1, 0.15) is 13.2 Å². The van der Waals surface area contributed by atoms with Gasteiger partial charge in [-0.15, -0.1) is 0 Å². The van der Waals surface area contributed by atoms with Gasteiger partial charge in [-0.1, -0.05) is 246 Å². The number of ether oxygens (including phenoxy) is 3. The number of hydrogen-bond donors (Lipinski definition) is 0. The maximum absolute atomic E-state index is 12.8. The summed E-state index contributed by atoms with van der Waals surface area (Å²) in [7, 11) is 0. The highest BCUT2D eigenvalue weighted by atomic mass is 16.6. The molecule has 6 heteroatoms. The topological polar surface area (TPSA) is 78.9 Å². The Morgan fingerprint density at radius 1 is 0.338 bits per heavy atom. The van der Waals surface area contributed by atoms with E-state index in [1.165, 1.54) is 96.3 Å². The molecule has 0 rings (SSSR count). The van der Waals surface area contributed by atoms with E-state index in [1.54, 1.807) is 0 Å². The lowest BCUT2D eigenvalue weighted by molar-refractivity contribution is -0.166. The summed E-state index contributed by atoms with van der Waals surface area (Å²) >= 11 is 0. The third kappa shape index (κ3) is 51.2. The minimum atomic E-state index is -0.824. The number of carbonyl (C=O) groups excluding carboxylic acids is 3. The van der Waals surface area contributed by atoms with Crippen molar-refractivity contribution in [3.63, 3.8) is 0 Å². The van der Waals surface area contributed by atoms with Crippen molar-refractivity contribution in [2.45, 2.75) is 245 Å². The smallest absolute Gasteiger partial charge is 0.306 e. The van der Waals surface area contributed by atoms with E-state index in [0.717, 1.165) is 96.3 Å². The molecule has 0 bridgehead atoms. The van der Waals surface area contributed by atoms with Gasteiger partial charge < -0.3 is 14.2 Å². The molecule has 0 N–H and O–H groups in total. The Labute approximate surface area is 400 Å². The van der Waals surface area contributed by atoms with Crippen LogP contribution in [0.4, 0.5) is 0 Å². The van der Waals surface area contributed by atoms with Gasteiger partial charge in [0.25, 0.3) is 0 Å². The molecule has 0 aliphatic carbocycles. The molecule has 0 aromatic heterocycles. The Morgan fingerprint density at radius 3 is 1.14 bits per heavy atom. The van der Waals surface area contributed by atoms with Crippen LogP contribution in [-0.4, -0.2) is 37.2 Å². The summed E-state index contributed by atoms with van der Waals surface area (Å²) in [5, 5.41) is 0. The van der Waals surface area contributed by atoms with Crippen LogP contribution in [-0.2, 0) is 28.6 Å². The lowest BCUT2D eigenvalue weighted by Crippen LogP contribution is -2.30. The van der Waals surface area contributed by atoms with Gasteiger partial charge in [0.2, 0.25) is 0 Å². The molecule has 0 aliphatic heterocycles. The van der Waals surface area contributed by atoms with E-state index < -0.39 is 12.1 Å². The predicted molar refractivity (Wildman–Crippen MR) is 279 cm³/mol. The second-order valence-corrected chi connectivity index (χ2v) is 17.4. The zero-order chi connectivity index (χ0) is 47.2. The SMILES string of the molecule is CC\C=C/C=C\C=C/CCCCCCCC(=O)OCC(COC(=O)CCCCCCCCCCCCCCCCCCCC)OC(=O)CC/C=C\C/C=C\C/C=C\C/C=C\C/C=C\CC. The Bertz CT molecular complexity index is 1310. The molecule has 0 radical (unpaired) electrons. The van der Waals surface area contributed by atoms with Crippen molar-refractivity contribution in [3.05, 3.63) is 97.2 Å². The van der Waals surface area contributed by atoms with Crippen molar-refractivity contribution in [1.29, 1.82) is 0 Å². The third-order valence-electron chi connectivity index (χ3n) is 11.2. The predicted octanol–water partition coefficient (Wildman–Crippen LogP) is 17.8. The summed E-state index contributed by atoms with van der Waals surface area (Å²) in [6.07, 6.45) is 69.8. The van der Waals surface area contributed by atoms with Crippen molar-refractivity contribution in [2.24, 2.45) is 0 Å². The van der Waals surface area contributed by atoms with Crippen LogP contribution >= 0.6 is 0 Å². The summed E-state index contributed by atoms with van der Waals surface area (Å²) in [4.78, 5) is 38.0. The summed E-state index contributed by atoms with van der Waals surface area (Å²) in [6, 6.07) is 0. The molecule has 1 unspecified atom stereocenters. The molecule has 65 heavy (non-hydrogen) atoms. The number of carbonyl (C=O) groups is 3. The highest BCUT2D eigenvalue weighted by Gasteiger charge is 2.19. The quantitative estimate of drug-likeness (QED) is 0.0199. The first-order valence-electron chi connectivity index (χ1n) is 26.8. The first-order chi connectivity index (χ1) is 32.0. The molecule has 0 spiro atoms. The Kier molecular flexibility index (Phi) is 50.0. The van der Waals surface area contributed by atoms with E-state index >= 15 is 0 Å². The largest absolute Gasteiger partial charge is 0.462 e. The van der Waals surface area contributed by atoms with Crippen molar-refractivity contribution >= 4 is 17.9 Å². The maximum atomic E-state index is 12.8. The van der Waals surface area contributed by atoms with Gasteiger partial charge in [0.05, 0.1) is 0 Å². The standard InChI is InChI=1S/C59H98O6/c1-4-7-10-13-16-19-22-25-27-29-30-32-34-37-40-43-46-49-52-58(61)64-55-56(54-63-57(60)51-48-45-42-39-36-33-24-21-18-15-12-9-6-3)65-59(62)53-50-47-44-41-38-35-31-28-26-23-20-17-14-11-8-5-2/h8-9,11-12,15,17-18,20-21,24,26,28,35,38,44,47,56H,4-7,10,13-14,16,19,22-23,25,27,29-34,36-37,39-43,45-46,48-55H2,1-3H3/b11-8-,12-9-,18-15-,20-17-,24-21-,28-26-,38-35-,47-44-. The molecule has 0 aromatic rings. The van der Waals surface area contributed by atoms with E-state index in [4.69, 9.17) is 14.2 Å². The number of unbranched alkanes of at least 4 members (excludes halogenated alkanes) is 22. The number of rotatable bonds is 47. The second kappa shape index (κ2) is 52.9. The summed E-state index contributed by atoms with van der Waals surface area (Å²) in [5.41, 5.74) is 0. The molecule has 6 nitrogen and oxygen atoms in total. The average Bonchev–Trinajstić information content (AvgIpc) is 3.30. The Balaban J connectivity index is 4.48. The molecule has 0 amide bonds. The van der Waals surface area contributed by atoms with Gasteiger partial charge in [0, 0.05) is 19.3 Å². The fourth-order valence-electron chi connectivity index (χ4n) is 7.20. The van der Waals surface area contributed by atoms with Crippen molar-refractivity contribution < 1.29 is 28.6 Å². The molecule has 0 aromatic carbocycles. The fraction of sp³-hybridized carbons (Fsp3) is 0.678. The molecule has 0 aliphatic rings. The first-order valence-corrected chi connectivity index (χ1v) is 26.8. The van der Waals surface area contributed by atoms with E-state index in [-0.39, 0.29) is 31.6 Å². The average molecular weight is 903 g/mol. The summed E-state index contributed by atoms with van der Waals surface area (Å²) < 4.78 is 16.7. The van der Waals surface area contributed by atoms with Crippen molar-refractivity contribution in [2.75, 3.05) is 13.2 Å². The molecule has 1 atom stereocenters. The van der Waals surface area contributed by atoms with Gasteiger partial charge >= 0.3 is 17.9 Å². The van der Waals surface area contributed by atoms with Crippen LogP contribution in [0, 0.1) is 0 Å². The van der Waals surface area contributed by atoms with Crippen LogP contribution in [0.3, 0.4) is 0 Å². The lowest BCUT2D eigenvalue weighted by Gasteiger charge is -2.18. The normalized spacial score (nSPS) is 12.8. The first kappa shape index (κ1) is 61.3. The summed E-state index contributed by atoms with van der Waals surface area (Å²) in [6.45, 7) is 6.32. The molecule has 370 valence electrons. The molecule has 0 heterocycles. The van der Waals surface area contributed by atoms with Gasteiger partial charge in [0.15, 0.2) is 6.10 Å². The van der Waals surface area contributed by atoms with Crippen LogP contribution in [0.2, 0.25) is 0 Å². The molecule has 0 saturated carbocycles. The van der Waals surface area contributed by atoms with Crippen molar-refractivity contribution in [1.82, 2.24) is 0 Å². The second-order valence-electron chi connectivity index (χ2n) is 17.4. The third-order valence-corrected chi connectivity index (χ3v) is 11.2. The van der Waals surface area contributed by atoms with E-state index in [0.29, 0.717) is 19.3 Å². The Morgan fingerprint density at radius 2 is 0.708 bits per heavy atom. The van der Waals surface area contributed by atoms with E-state index in [1.807, 2.05) is 12.2 Å². The van der Waals surface area contributed by atoms with Gasteiger partial charge in [-0.05, 0) is 70.6 Å². The van der Waals surface area contributed by atoms with E-state index in [2.05, 4.69) is 106 Å². The number of hydrogen-bond acceptors (Lipinski definition) is 6. The van der Waals surface area contributed by atoms with Gasteiger partial charge in [-0.3, -0.25) is 14.4 Å². The van der Waals surface area contributed by atoms with Crippen LogP contribution in [0.1, 0.15) is 239 Å². The highest BCUT2D eigenvalue weighted by Crippen LogP contribution is 2.15. The molecular weight excluding hydrogens is 805 g/mol. The number of allylic oxidation sites excluding steroid dienone is 16. The van der Waals surface area contributed by atoms with Crippen LogP contribution in [0.15, 0.2) is 97.2 Å². The molecular formula is C59H98O6. The monoisotopic (exact) mass is 903 g/mol. The zero-order valence-corrected chi connectivity index (χ0v) is 42.2. The fourth-order valence-corrected chi connectivity index (χ4v) is 7.20. The van der Waals surface area contributed by atoms with Crippen LogP contribution < -0.4 is 0 Å². The minimum Gasteiger partial charge on any atom is -0.462 e. The minimum absolute atomic E-state index is 0.113. The van der Waals surface area contributed by atoms with E-state index in [9.17, 15) is 14.4 Å². The highest BCUT2D eigenvalue weighted by molar-refractivity contribution is 5.71. The summed E-state index contributed by atoms with van der Waals surface area (Å²) in [5.74, 6) is -1.02. The number of esters is 3. The van der Waals surface area contributed by atoms with Crippen LogP contribution in [0.25, 0.3) is 0 Å². The van der Waals surface area contributed by atoms with Crippen molar-refractivity contribution in [3.8, 4) is 0 Å². The molecule has 0 fully saturated rings. The Hall–Kier alpha value is -3.67. The van der Waals surface area contributed by atoms with Gasteiger partial charge in [-0.2, -0.15) is 0 Å². The zero-order valence-electron chi connectivity index (χ0n) is 42.2. The van der Waals surface area contributed by atoms with Crippen LogP contribution in [0.5, 0.6) is 0 Å².